The molecule has 2 N–H and O–H groups in total. The van der Waals surface area contributed by atoms with Crippen molar-refractivity contribution in [3.8, 4) is 5.88 Å². The molecule has 1 aromatic rings. The zero-order valence-corrected chi connectivity index (χ0v) is 19.2. The highest BCUT2D eigenvalue weighted by atomic mass is 127. The molecule has 0 spiro atoms. The molecular formula is C19H34IN5O2. The van der Waals surface area contributed by atoms with Crippen molar-refractivity contribution in [2.45, 2.75) is 32.9 Å². The summed E-state index contributed by atoms with van der Waals surface area (Å²) in [5, 5.41) is 6.83. The zero-order chi connectivity index (χ0) is 18.8. The van der Waals surface area contributed by atoms with Crippen LogP contribution in [0, 0.1) is 5.92 Å². The van der Waals surface area contributed by atoms with Gasteiger partial charge in [0.15, 0.2) is 5.96 Å². The van der Waals surface area contributed by atoms with Gasteiger partial charge in [0.05, 0.1) is 20.3 Å². The fourth-order valence-electron chi connectivity index (χ4n) is 3.11. The van der Waals surface area contributed by atoms with Crippen molar-refractivity contribution in [3.63, 3.8) is 0 Å². The summed E-state index contributed by atoms with van der Waals surface area (Å²) in [6.45, 7) is 9.75. The molecule has 1 saturated heterocycles. The SMILES string of the molecule is CN=C(NCc1ccc(OC)nc1)NCC(CC(C)C)N1CCOCC1.I. The molecule has 0 radical (unpaired) electrons. The Bertz CT molecular complexity index is 548. The standard InChI is InChI=1S/C19H33N5O2.HI/c1-15(2)11-17(24-7-9-26-10-8-24)14-23-19(20-3)22-13-16-5-6-18(25-4)21-12-16;/h5-6,12,15,17H,7-11,13-14H2,1-4H3,(H2,20,22,23);1H. The zero-order valence-electron chi connectivity index (χ0n) is 16.9. The van der Waals surface area contributed by atoms with Crippen LogP contribution in [0.15, 0.2) is 23.3 Å². The van der Waals surface area contributed by atoms with Crippen molar-refractivity contribution >= 4 is 29.9 Å². The number of hydrogen-bond acceptors (Lipinski definition) is 5. The Labute approximate surface area is 180 Å². The maximum atomic E-state index is 5.49. The first-order valence-electron chi connectivity index (χ1n) is 9.37. The van der Waals surface area contributed by atoms with Gasteiger partial charge in [0.1, 0.15) is 0 Å². The van der Waals surface area contributed by atoms with E-state index in [4.69, 9.17) is 9.47 Å². The molecular weight excluding hydrogens is 457 g/mol. The molecule has 0 amide bonds. The molecule has 0 bridgehead atoms. The van der Waals surface area contributed by atoms with E-state index in [9.17, 15) is 0 Å². The lowest BCUT2D eigenvalue weighted by Crippen LogP contribution is -2.50. The summed E-state index contributed by atoms with van der Waals surface area (Å²) in [6.07, 6.45) is 2.97. The lowest BCUT2D eigenvalue weighted by molar-refractivity contribution is 0.0132. The third-order valence-electron chi connectivity index (χ3n) is 4.50. The highest BCUT2D eigenvalue weighted by Crippen LogP contribution is 2.13. The number of nitrogens with one attached hydrogen (secondary N) is 2. The Balaban J connectivity index is 0.00000364. The molecule has 2 rings (SSSR count). The van der Waals surface area contributed by atoms with Crippen LogP contribution in [0.5, 0.6) is 5.88 Å². The lowest BCUT2D eigenvalue weighted by atomic mass is 10.0. The molecule has 7 nitrogen and oxygen atoms in total. The number of nitrogens with zero attached hydrogens (tertiary/aromatic N) is 3. The Morgan fingerprint density at radius 3 is 2.59 bits per heavy atom. The number of methoxy groups -OCH3 is 1. The Morgan fingerprint density at radius 1 is 1.30 bits per heavy atom. The molecule has 154 valence electrons. The van der Waals surface area contributed by atoms with Gasteiger partial charge in [-0.05, 0) is 17.9 Å². The van der Waals surface area contributed by atoms with Crippen LogP contribution in [0.25, 0.3) is 0 Å². The Hall–Kier alpha value is -1.13. The minimum absolute atomic E-state index is 0. The van der Waals surface area contributed by atoms with E-state index < -0.39 is 0 Å². The number of pyridine rings is 1. The van der Waals surface area contributed by atoms with Crippen molar-refractivity contribution < 1.29 is 9.47 Å². The van der Waals surface area contributed by atoms with Gasteiger partial charge in [-0.3, -0.25) is 9.89 Å². The number of halogens is 1. The van der Waals surface area contributed by atoms with Gasteiger partial charge in [-0.25, -0.2) is 4.98 Å². The molecule has 0 aromatic carbocycles. The number of ether oxygens (including phenoxy) is 2. The largest absolute Gasteiger partial charge is 0.481 e. The van der Waals surface area contributed by atoms with E-state index in [1.54, 1.807) is 14.2 Å². The number of morpholine rings is 1. The summed E-state index contributed by atoms with van der Waals surface area (Å²) in [5.74, 6) is 2.09. The Morgan fingerprint density at radius 2 is 2.04 bits per heavy atom. The second kappa shape index (κ2) is 13.1. The van der Waals surface area contributed by atoms with Gasteiger partial charge in [-0.2, -0.15) is 0 Å². The first kappa shape index (κ1) is 23.9. The third kappa shape index (κ3) is 8.61. The summed E-state index contributed by atoms with van der Waals surface area (Å²) >= 11 is 0. The molecule has 2 heterocycles. The quantitative estimate of drug-likeness (QED) is 0.330. The summed E-state index contributed by atoms with van der Waals surface area (Å²) in [6, 6.07) is 4.35. The average Bonchev–Trinajstić information content (AvgIpc) is 2.68. The molecule has 8 heteroatoms. The molecule has 0 aliphatic carbocycles. The number of rotatable bonds is 8. The molecule has 1 unspecified atom stereocenters. The van der Waals surface area contributed by atoms with Gasteiger partial charge in [-0.15, -0.1) is 24.0 Å². The van der Waals surface area contributed by atoms with Crippen LogP contribution < -0.4 is 15.4 Å². The monoisotopic (exact) mass is 491 g/mol. The van der Waals surface area contributed by atoms with Crippen molar-refractivity contribution in [1.29, 1.82) is 0 Å². The molecule has 27 heavy (non-hydrogen) atoms. The van der Waals surface area contributed by atoms with Gasteiger partial charge >= 0.3 is 0 Å². The van der Waals surface area contributed by atoms with Crippen LogP contribution in [0.3, 0.4) is 0 Å². The van der Waals surface area contributed by atoms with Gasteiger partial charge in [0.2, 0.25) is 5.88 Å². The van der Waals surface area contributed by atoms with E-state index in [-0.39, 0.29) is 24.0 Å². The van der Waals surface area contributed by atoms with Crippen molar-refractivity contribution in [1.82, 2.24) is 20.5 Å². The lowest BCUT2D eigenvalue weighted by Gasteiger charge is -2.35. The average molecular weight is 491 g/mol. The van der Waals surface area contributed by atoms with Crippen LogP contribution >= 0.6 is 24.0 Å². The molecule has 1 atom stereocenters. The van der Waals surface area contributed by atoms with Crippen LogP contribution in [-0.4, -0.2) is 68.9 Å². The van der Waals surface area contributed by atoms with Crippen LogP contribution in [0.4, 0.5) is 0 Å². The molecule has 1 aromatic heterocycles. The van der Waals surface area contributed by atoms with Gasteiger partial charge < -0.3 is 20.1 Å². The topological polar surface area (TPSA) is 71.0 Å². The second-order valence-electron chi connectivity index (χ2n) is 6.95. The molecule has 1 fully saturated rings. The van der Waals surface area contributed by atoms with Crippen LogP contribution in [-0.2, 0) is 11.3 Å². The third-order valence-corrected chi connectivity index (χ3v) is 4.50. The van der Waals surface area contributed by atoms with E-state index >= 15 is 0 Å². The van der Waals surface area contributed by atoms with Crippen molar-refractivity contribution in [2.24, 2.45) is 10.9 Å². The first-order valence-corrected chi connectivity index (χ1v) is 9.37. The predicted molar refractivity (Wildman–Crippen MR) is 120 cm³/mol. The Kier molecular flexibility index (Phi) is 11.6. The van der Waals surface area contributed by atoms with Crippen molar-refractivity contribution in [2.75, 3.05) is 47.0 Å². The smallest absolute Gasteiger partial charge is 0.212 e. The van der Waals surface area contributed by atoms with E-state index in [2.05, 4.69) is 39.4 Å². The molecule has 0 saturated carbocycles. The molecule has 1 aliphatic heterocycles. The highest BCUT2D eigenvalue weighted by molar-refractivity contribution is 14.0. The van der Waals surface area contributed by atoms with E-state index in [0.29, 0.717) is 24.4 Å². The molecule has 1 aliphatic rings. The fourth-order valence-corrected chi connectivity index (χ4v) is 3.11. The van der Waals surface area contributed by atoms with Gasteiger partial charge in [-0.1, -0.05) is 19.9 Å². The highest BCUT2D eigenvalue weighted by Gasteiger charge is 2.22. The predicted octanol–water partition coefficient (Wildman–Crippen LogP) is 2.12. The van der Waals surface area contributed by atoms with Crippen molar-refractivity contribution in [3.05, 3.63) is 23.9 Å². The van der Waals surface area contributed by atoms with Gasteiger partial charge in [0, 0.05) is 51.5 Å². The number of hydrogen-bond donors (Lipinski definition) is 2. The van der Waals surface area contributed by atoms with E-state index in [1.165, 1.54) is 0 Å². The second-order valence-corrected chi connectivity index (χ2v) is 6.95. The summed E-state index contributed by atoms with van der Waals surface area (Å²) < 4.78 is 10.6. The minimum atomic E-state index is 0. The summed E-state index contributed by atoms with van der Waals surface area (Å²) in [4.78, 5) is 11.1. The minimum Gasteiger partial charge on any atom is -0.481 e. The number of aromatic nitrogens is 1. The fraction of sp³-hybridized carbons (Fsp3) is 0.684. The first-order chi connectivity index (χ1) is 12.6. The van der Waals surface area contributed by atoms with Gasteiger partial charge in [0.25, 0.3) is 0 Å². The summed E-state index contributed by atoms with van der Waals surface area (Å²) in [7, 11) is 3.42. The maximum Gasteiger partial charge on any atom is 0.212 e. The van der Waals surface area contributed by atoms with Crippen LogP contribution in [0.1, 0.15) is 25.8 Å². The number of guanidine groups is 1. The maximum absolute atomic E-state index is 5.49. The number of aliphatic imine (C=N–C) groups is 1. The summed E-state index contributed by atoms with van der Waals surface area (Å²) in [5.41, 5.74) is 1.08. The normalized spacial score (nSPS) is 16.6. The van der Waals surface area contributed by atoms with E-state index in [1.807, 2.05) is 18.3 Å². The van der Waals surface area contributed by atoms with E-state index in [0.717, 1.165) is 50.8 Å². The van der Waals surface area contributed by atoms with Crippen LogP contribution in [0.2, 0.25) is 0 Å².